The van der Waals surface area contributed by atoms with Gasteiger partial charge in [-0.2, -0.15) is 0 Å². The Morgan fingerprint density at radius 2 is 2.00 bits per heavy atom. The standard InChI is InChI=1S/C13H18FN/c1-10(13-4-2-3-9-15-13)11-5-7-12(14)8-6-11/h5-8,10,13,15H,2-4,9H2,1H3. The maximum absolute atomic E-state index is 12.8. The number of benzene rings is 1. The highest BCUT2D eigenvalue weighted by molar-refractivity contribution is 5.21. The third-order valence-electron chi connectivity index (χ3n) is 3.35. The monoisotopic (exact) mass is 207 g/mol. The van der Waals surface area contributed by atoms with Crippen LogP contribution in [0, 0.1) is 5.82 Å². The lowest BCUT2D eigenvalue weighted by Gasteiger charge is -2.29. The maximum Gasteiger partial charge on any atom is 0.123 e. The van der Waals surface area contributed by atoms with E-state index in [1.807, 2.05) is 12.1 Å². The van der Waals surface area contributed by atoms with Gasteiger partial charge in [0.05, 0.1) is 0 Å². The molecular weight excluding hydrogens is 189 g/mol. The van der Waals surface area contributed by atoms with Gasteiger partial charge in [0.1, 0.15) is 5.82 Å². The van der Waals surface area contributed by atoms with Crippen molar-refractivity contribution in [2.24, 2.45) is 0 Å². The molecule has 1 nitrogen and oxygen atoms in total. The van der Waals surface area contributed by atoms with Gasteiger partial charge in [-0.05, 0) is 43.0 Å². The predicted molar refractivity (Wildman–Crippen MR) is 60.5 cm³/mol. The third-order valence-corrected chi connectivity index (χ3v) is 3.35. The number of hydrogen-bond acceptors (Lipinski definition) is 1. The fraction of sp³-hybridized carbons (Fsp3) is 0.538. The van der Waals surface area contributed by atoms with Crippen molar-refractivity contribution >= 4 is 0 Å². The Balaban J connectivity index is 2.05. The highest BCUT2D eigenvalue weighted by Gasteiger charge is 2.20. The summed E-state index contributed by atoms with van der Waals surface area (Å²) < 4.78 is 12.8. The van der Waals surface area contributed by atoms with Gasteiger partial charge in [0.15, 0.2) is 0 Å². The Bertz CT molecular complexity index is 301. The SMILES string of the molecule is CC(c1ccc(F)cc1)C1CCCCN1. The first kappa shape index (κ1) is 10.6. The summed E-state index contributed by atoms with van der Waals surface area (Å²) >= 11 is 0. The lowest BCUT2D eigenvalue weighted by atomic mass is 9.88. The van der Waals surface area contributed by atoms with E-state index in [0.29, 0.717) is 12.0 Å². The van der Waals surface area contributed by atoms with Gasteiger partial charge in [-0.15, -0.1) is 0 Å². The molecule has 1 aliphatic heterocycles. The smallest absolute Gasteiger partial charge is 0.123 e. The summed E-state index contributed by atoms with van der Waals surface area (Å²) in [5.41, 5.74) is 1.23. The van der Waals surface area contributed by atoms with Crippen LogP contribution < -0.4 is 5.32 Å². The first-order valence-corrected chi connectivity index (χ1v) is 5.76. The summed E-state index contributed by atoms with van der Waals surface area (Å²) in [6.07, 6.45) is 3.83. The molecule has 2 heteroatoms. The van der Waals surface area contributed by atoms with E-state index in [9.17, 15) is 4.39 Å². The number of hydrogen-bond donors (Lipinski definition) is 1. The Morgan fingerprint density at radius 1 is 1.27 bits per heavy atom. The lowest BCUT2D eigenvalue weighted by molar-refractivity contribution is 0.361. The minimum Gasteiger partial charge on any atom is -0.313 e. The molecule has 0 amide bonds. The van der Waals surface area contributed by atoms with E-state index >= 15 is 0 Å². The molecule has 82 valence electrons. The zero-order chi connectivity index (χ0) is 10.7. The number of piperidine rings is 1. The fourth-order valence-corrected chi connectivity index (χ4v) is 2.30. The van der Waals surface area contributed by atoms with Crippen LogP contribution in [0.25, 0.3) is 0 Å². The molecule has 0 radical (unpaired) electrons. The van der Waals surface area contributed by atoms with Crippen molar-refractivity contribution in [3.05, 3.63) is 35.6 Å². The summed E-state index contributed by atoms with van der Waals surface area (Å²) in [4.78, 5) is 0. The predicted octanol–water partition coefficient (Wildman–Crippen LogP) is 3.07. The van der Waals surface area contributed by atoms with Crippen LogP contribution in [0.3, 0.4) is 0 Å². The summed E-state index contributed by atoms with van der Waals surface area (Å²) in [5.74, 6) is 0.327. The second kappa shape index (κ2) is 4.75. The fourth-order valence-electron chi connectivity index (χ4n) is 2.30. The third kappa shape index (κ3) is 2.57. The van der Waals surface area contributed by atoms with E-state index in [-0.39, 0.29) is 5.82 Å². The quantitative estimate of drug-likeness (QED) is 0.786. The van der Waals surface area contributed by atoms with E-state index < -0.39 is 0 Å². The number of rotatable bonds is 2. The van der Waals surface area contributed by atoms with Crippen LogP contribution in [0.2, 0.25) is 0 Å². The molecule has 1 aromatic rings. The summed E-state index contributed by atoms with van der Waals surface area (Å²) in [5, 5.41) is 3.54. The highest BCUT2D eigenvalue weighted by atomic mass is 19.1. The van der Waals surface area contributed by atoms with E-state index in [2.05, 4.69) is 12.2 Å². The molecule has 1 saturated heterocycles. The van der Waals surface area contributed by atoms with Crippen molar-refractivity contribution < 1.29 is 4.39 Å². The topological polar surface area (TPSA) is 12.0 Å². The van der Waals surface area contributed by atoms with Gasteiger partial charge in [0.2, 0.25) is 0 Å². The van der Waals surface area contributed by atoms with Crippen LogP contribution >= 0.6 is 0 Å². The first-order valence-electron chi connectivity index (χ1n) is 5.76. The van der Waals surface area contributed by atoms with Crippen molar-refractivity contribution in [1.82, 2.24) is 5.32 Å². The second-order valence-corrected chi connectivity index (χ2v) is 4.40. The van der Waals surface area contributed by atoms with Crippen molar-refractivity contribution in [3.63, 3.8) is 0 Å². The van der Waals surface area contributed by atoms with Crippen LogP contribution in [0.4, 0.5) is 4.39 Å². The van der Waals surface area contributed by atoms with Crippen LogP contribution in [0.5, 0.6) is 0 Å². The van der Waals surface area contributed by atoms with Crippen molar-refractivity contribution in [2.45, 2.75) is 38.1 Å². The number of nitrogens with one attached hydrogen (secondary N) is 1. The van der Waals surface area contributed by atoms with Gasteiger partial charge >= 0.3 is 0 Å². The average molecular weight is 207 g/mol. The van der Waals surface area contributed by atoms with Gasteiger partial charge in [0.25, 0.3) is 0 Å². The largest absolute Gasteiger partial charge is 0.313 e. The number of halogens is 1. The molecule has 0 saturated carbocycles. The van der Waals surface area contributed by atoms with Crippen LogP contribution in [-0.4, -0.2) is 12.6 Å². The Morgan fingerprint density at radius 3 is 2.60 bits per heavy atom. The molecule has 1 heterocycles. The van der Waals surface area contributed by atoms with Crippen LogP contribution in [0.15, 0.2) is 24.3 Å². The molecule has 15 heavy (non-hydrogen) atoms. The molecule has 2 unspecified atom stereocenters. The van der Waals surface area contributed by atoms with Crippen LogP contribution in [-0.2, 0) is 0 Å². The van der Waals surface area contributed by atoms with E-state index in [4.69, 9.17) is 0 Å². The summed E-state index contributed by atoms with van der Waals surface area (Å²) in [6.45, 7) is 3.34. The Labute approximate surface area is 90.7 Å². The molecule has 2 atom stereocenters. The molecule has 2 rings (SSSR count). The van der Waals surface area contributed by atoms with Gasteiger partial charge in [0, 0.05) is 6.04 Å². The summed E-state index contributed by atoms with van der Waals surface area (Å²) in [7, 11) is 0. The van der Waals surface area contributed by atoms with E-state index in [1.54, 1.807) is 12.1 Å². The second-order valence-electron chi connectivity index (χ2n) is 4.40. The average Bonchev–Trinajstić information content (AvgIpc) is 2.30. The molecule has 0 aromatic heterocycles. The Hall–Kier alpha value is -0.890. The maximum atomic E-state index is 12.8. The molecule has 0 spiro atoms. The molecule has 1 fully saturated rings. The van der Waals surface area contributed by atoms with Gasteiger partial charge < -0.3 is 5.32 Å². The molecule has 0 bridgehead atoms. The molecule has 1 aliphatic rings. The van der Waals surface area contributed by atoms with Gasteiger partial charge in [-0.3, -0.25) is 0 Å². The lowest BCUT2D eigenvalue weighted by Crippen LogP contribution is -2.37. The zero-order valence-electron chi connectivity index (χ0n) is 9.17. The zero-order valence-corrected chi connectivity index (χ0v) is 9.17. The molecule has 1 aromatic carbocycles. The van der Waals surface area contributed by atoms with Crippen molar-refractivity contribution in [1.29, 1.82) is 0 Å². The highest BCUT2D eigenvalue weighted by Crippen LogP contribution is 2.24. The normalized spacial score (nSPS) is 23.7. The first-order chi connectivity index (χ1) is 7.27. The van der Waals surface area contributed by atoms with Gasteiger partial charge in [-0.25, -0.2) is 4.39 Å². The molecule has 1 N–H and O–H groups in total. The summed E-state index contributed by atoms with van der Waals surface area (Å²) in [6, 6.07) is 7.46. The van der Waals surface area contributed by atoms with Crippen LogP contribution in [0.1, 0.15) is 37.7 Å². The molecular formula is C13H18FN. The van der Waals surface area contributed by atoms with E-state index in [0.717, 1.165) is 6.54 Å². The molecule has 0 aliphatic carbocycles. The minimum absolute atomic E-state index is 0.150. The minimum atomic E-state index is -0.150. The van der Waals surface area contributed by atoms with Crippen molar-refractivity contribution in [3.8, 4) is 0 Å². The van der Waals surface area contributed by atoms with E-state index in [1.165, 1.54) is 24.8 Å². The van der Waals surface area contributed by atoms with Crippen molar-refractivity contribution in [2.75, 3.05) is 6.54 Å². The van der Waals surface area contributed by atoms with Gasteiger partial charge in [-0.1, -0.05) is 25.5 Å². The Kier molecular flexibility index (Phi) is 3.37.